The van der Waals surface area contributed by atoms with Crippen LogP contribution in [-0.2, 0) is 9.30 Å². The first-order valence-corrected chi connectivity index (χ1v) is 5.89. The van der Waals surface area contributed by atoms with Crippen LogP contribution in [0.15, 0.2) is 30.3 Å². The summed E-state index contributed by atoms with van der Waals surface area (Å²) in [4.78, 5) is 20.2. The molecule has 0 aliphatic carbocycles. The normalized spacial score (nSPS) is 13.1. The number of para-hydroxylation sites is 1. The quantitative estimate of drug-likeness (QED) is 0.656. The molecule has 1 radical (unpaired) electrons. The first-order chi connectivity index (χ1) is 7.06. The number of carbonyl (C=O) groups excluding carboxylic acids is 1. The van der Waals surface area contributed by atoms with Crippen molar-refractivity contribution in [1.29, 1.82) is 0 Å². The van der Waals surface area contributed by atoms with Crippen LogP contribution in [-0.4, -0.2) is 46.8 Å². The molecule has 1 aromatic rings. The Hall–Kier alpha value is -0.320. The predicted molar refractivity (Wildman–Crippen MR) is 59.7 cm³/mol. The molecule has 1 N–H and O–H groups in total. The Balaban J connectivity index is 0.00000225. The summed E-state index contributed by atoms with van der Waals surface area (Å²) in [6.45, 7) is 1.57. The minimum atomic E-state index is -4.38. The summed E-state index contributed by atoms with van der Waals surface area (Å²) in [6.07, 6.45) is 0. The van der Waals surface area contributed by atoms with Gasteiger partial charge in [0.25, 0.3) is 0 Å². The fourth-order valence-corrected chi connectivity index (χ4v) is 1.64. The second-order valence-electron chi connectivity index (χ2n) is 2.62. The Morgan fingerprint density at radius 2 is 1.94 bits per heavy atom. The first kappa shape index (κ1) is 15.7. The molecule has 1 unspecified atom stereocenters. The Kier molecular flexibility index (Phi) is 6.95. The van der Waals surface area contributed by atoms with Gasteiger partial charge < -0.3 is 14.2 Å². The Morgan fingerprint density at radius 1 is 1.38 bits per heavy atom. The van der Waals surface area contributed by atoms with Gasteiger partial charge in [0.05, 0.1) is 6.61 Å². The van der Waals surface area contributed by atoms with E-state index in [0.29, 0.717) is 0 Å². The van der Waals surface area contributed by atoms with Gasteiger partial charge in [-0.3, -0.25) is 0 Å². The van der Waals surface area contributed by atoms with E-state index in [-0.39, 0.29) is 41.9 Å². The van der Waals surface area contributed by atoms with Crippen molar-refractivity contribution in [1.82, 2.24) is 0 Å². The van der Waals surface area contributed by atoms with Crippen molar-refractivity contribution in [3.8, 4) is 5.75 Å². The third-order valence-corrected chi connectivity index (χ3v) is 2.52. The van der Waals surface area contributed by atoms with Gasteiger partial charge in [-0.25, -0.2) is 9.36 Å². The third kappa shape index (κ3) is 4.68. The summed E-state index contributed by atoms with van der Waals surface area (Å²) in [5.41, 5.74) is -1.24. The monoisotopic (exact) mass is 253 g/mol. The van der Waals surface area contributed by atoms with Gasteiger partial charge in [0.2, 0.25) is 0 Å². The molecule has 0 bridgehead atoms. The molecule has 83 valence electrons. The van der Waals surface area contributed by atoms with Gasteiger partial charge in [-0.15, -0.1) is 0 Å². The van der Waals surface area contributed by atoms with E-state index in [2.05, 4.69) is 9.26 Å². The molecule has 0 aliphatic heterocycles. The molecule has 0 saturated carbocycles. The fraction of sp³-hybridized carbons (Fsp3) is 0.222. The van der Waals surface area contributed by atoms with Crippen LogP contribution < -0.4 is 4.52 Å². The zero-order valence-electron chi connectivity index (χ0n) is 9.12. The summed E-state index contributed by atoms with van der Waals surface area (Å²) in [5.74, 6) is 0.149. The van der Waals surface area contributed by atoms with E-state index in [1.54, 1.807) is 25.1 Å². The largest absolute Gasteiger partial charge is 0.485 e. The van der Waals surface area contributed by atoms with Gasteiger partial charge in [-0.2, -0.15) is 0 Å². The van der Waals surface area contributed by atoms with Gasteiger partial charge in [0.1, 0.15) is 5.75 Å². The third-order valence-electron chi connectivity index (χ3n) is 1.47. The number of benzene rings is 1. The zero-order valence-corrected chi connectivity index (χ0v) is 12.0. The molecule has 0 amide bonds. The molecule has 0 saturated heterocycles. The maximum absolute atomic E-state index is 11.3. The number of rotatable bonds is 4. The van der Waals surface area contributed by atoms with E-state index in [4.69, 9.17) is 0 Å². The Bertz CT molecular complexity index is 381. The second kappa shape index (κ2) is 7.09. The van der Waals surface area contributed by atoms with E-state index < -0.39 is 13.3 Å². The fourth-order valence-electron chi connectivity index (χ4n) is 0.867. The average Bonchev–Trinajstić information content (AvgIpc) is 2.19. The van der Waals surface area contributed by atoms with Gasteiger partial charge in [0, 0.05) is 29.6 Å². The molecule has 0 spiro atoms. The standard InChI is InChI=1S/C9H11O5P.Na/c1-2-13-9(10)15(11,12)14-8-6-4-3-5-7-8;/h3-7H,2H2,1H3,(H,11,12);. The smallest absolute Gasteiger partial charge is 0.456 e. The van der Waals surface area contributed by atoms with Crippen molar-refractivity contribution in [2.24, 2.45) is 0 Å². The van der Waals surface area contributed by atoms with Crippen molar-refractivity contribution in [3.63, 3.8) is 0 Å². The van der Waals surface area contributed by atoms with E-state index in [1.807, 2.05) is 0 Å². The van der Waals surface area contributed by atoms with Gasteiger partial charge in [-0.1, -0.05) is 18.2 Å². The molecular weight excluding hydrogens is 242 g/mol. The van der Waals surface area contributed by atoms with Crippen molar-refractivity contribution in [2.45, 2.75) is 6.92 Å². The van der Waals surface area contributed by atoms with Gasteiger partial charge in [0.15, 0.2) is 0 Å². The summed E-state index contributed by atoms with van der Waals surface area (Å²) in [7, 11) is -4.38. The minimum absolute atomic E-state index is 0. The molecule has 0 aromatic heterocycles. The molecule has 7 heteroatoms. The summed E-state index contributed by atoms with van der Waals surface area (Å²) >= 11 is 0. The molecule has 0 fully saturated rings. The van der Waals surface area contributed by atoms with E-state index in [9.17, 15) is 14.3 Å². The maximum Gasteiger partial charge on any atom is 0.485 e. The van der Waals surface area contributed by atoms with E-state index in [0.717, 1.165) is 0 Å². The van der Waals surface area contributed by atoms with Crippen molar-refractivity contribution in [2.75, 3.05) is 6.61 Å². The summed E-state index contributed by atoms with van der Waals surface area (Å²) in [5, 5.41) is 0. The maximum atomic E-state index is 11.3. The van der Waals surface area contributed by atoms with Crippen LogP contribution in [0, 0.1) is 0 Å². The van der Waals surface area contributed by atoms with Crippen LogP contribution in [0.5, 0.6) is 5.75 Å². The number of hydrogen-bond acceptors (Lipinski definition) is 4. The molecular formula is C9H11NaO5P. The first-order valence-electron chi connectivity index (χ1n) is 4.31. The van der Waals surface area contributed by atoms with E-state index >= 15 is 0 Å². The van der Waals surface area contributed by atoms with Crippen molar-refractivity contribution < 1.29 is 23.5 Å². The van der Waals surface area contributed by atoms with Crippen molar-refractivity contribution >= 4 is 42.9 Å². The molecule has 5 nitrogen and oxygen atoms in total. The molecule has 0 heterocycles. The van der Waals surface area contributed by atoms with Crippen molar-refractivity contribution in [3.05, 3.63) is 30.3 Å². The number of hydrogen-bond donors (Lipinski definition) is 1. The van der Waals surface area contributed by atoms with Crippen LogP contribution in [0.3, 0.4) is 0 Å². The number of carbonyl (C=O) groups is 1. The van der Waals surface area contributed by atoms with E-state index in [1.165, 1.54) is 12.1 Å². The SMILES string of the molecule is CCOC(=O)P(=O)(O)Oc1ccccc1.[Na]. The molecule has 1 rings (SSSR count). The summed E-state index contributed by atoms with van der Waals surface area (Å²) < 4.78 is 20.4. The molecule has 16 heavy (non-hydrogen) atoms. The summed E-state index contributed by atoms with van der Waals surface area (Å²) in [6, 6.07) is 7.92. The van der Waals surface area contributed by atoms with Crippen LogP contribution in [0.2, 0.25) is 0 Å². The Morgan fingerprint density at radius 3 is 2.44 bits per heavy atom. The van der Waals surface area contributed by atoms with Crippen LogP contribution >= 0.6 is 7.60 Å². The topological polar surface area (TPSA) is 72.8 Å². The molecule has 1 aromatic carbocycles. The zero-order chi connectivity index (χ0) is 11.3. The Labute approximate surface area is 116 Å². The molecule has 1 atom stereocenters. The predicted octanol–water partition coefficient (Wildman–Crippen LogP) is 2.03. The average molecular weight is 253 g/mol. The second-order valence-corrected chi connectivity index (χ2v) is 4.21. The van der Waals surface area contributed by atoms with Gasteiger partial charge in [-0.05, 0) is 19.1 Å². The van der Waals surface area contributed by atoms with Gasteiger partial charge >= 0.3 is 13.3 Å². The number of ether oxygens (including phenoxy) is 1. The minimum Gasteiger partial charge on any atom is -0.456 e. The van der Waals surface area contributed by atoms with Crippen LogP contribution in [0.1, 0.15) is 6.92 Å². The van der Waals surface area contributed by atoms with Crippen LogP contribution in [0.25, 0.3) is 0 Å². The molecule has 0 aliphatic rings. The van der Waals surface area contributed by atoms with Crippen LogP contribution in [0.4, 0.5) is 4.79 Å².